The van der Waals surface area contributed by atoms with E-state index in [0.717, 1.165) is 22.7 Å². The number of hydrogen-bond donors (Lipinski definition) is 1. The molecule has 0 bridgehead atoms. The fraction of sp³-hybridized carbons (Fsp3) is 0.250. The number of nitrogens with one attached hydrogen (secondary N) is 1. The normalized spacial score (nSPS) is 10.5. The van der Waals surface area contributed by atoms with Crippen LogP contribution in [0.5, 0.6) is 11.5 Å². The minimum atomic E-state index is -0.0899. The lowest BCUT2D eigenvalue weighted by atomic mass is 10.2. The van der Waals surface area contributed by atoms with Crippen molar-refractivity contribution in [2.45, 2.75) is 18.7 Å². The Labute approximate surface area is 168 Å². The summed E-state index contributed by atoms with van der Waals surface area (Å²) in [6, 6.07) is 15.0. The second kappa shape index (κ2) is 9.27. The van der Waals surface area contributed by atoms with E-state index in [2.05, 4.69) is 15.5 Å². The number of benzene rings is 2. The lowest BCUT2D eigenvalue weighted by Gasteiger charge is -2.08. The first-order valence-corrected chi connectivity index (χ1v) is 9.68. The predicted octanol–water partition coefficient (Wildman–Crippen LogP) is 3.44. The molecule has 0 saturated carbocycles. The molecule has 1 amide bonds. The van der Waals surface area contributed by atoms with E-state index in [1.54, 1.807) is 7.11 Å². The van der Waals surface area contributed by atoms with Crippen LogP contribution in [-0.4, -0.2) is 33.5 Å². The number of hydrogen-bond acceptors (Lipinski definition) is 6. The van der Waals surface area contributed by atoms with Crippen LogP contribution in [-0.2, 0) is 18.4 Å². The van der Waals surface area contributed by atoms with Crippen molar-refractivity contribution in [3.05, 3.63) is 59.9 Å². The highest BCUT2D eigenvalue weighted by Gasteiger charge is 2.12. The Morgan fingerprint density at radius 1 is 1.07 bits per heavy atom. The second-order valence-electron chi connectivity index (χ2n) is 6.12. The fourth-order valence-corrected chi connectivity index (χ4v) is 3.11. The van der Waals surface area contributed by atoms with Gasteiger partial charge >= 0.3 is 0 Å². The number of aryl methyl sites for hydroxylation is 1. The summed E-state index contributed by atoms with van der Waals surface area (Å²) in [5, 5.41) is 11.8. The molecule has 146 valence electrons. The minimum Gasteiger partial charge on any atom is -0.497 e. The predicted molar refractivity (Wildman–Crippen MR) is 109 cm³/mol. The van der Waals surface area contributed by atoms with Crippen molar-refractivity contribution in [2.24, 2.45) is 7.05 Å². The van der Waals surface area contributed by atoms with E-state index in [1.165, 1.54) is 11.8 Å². The van der Waals surface area contributed by atoms with Crippen molar-refractivity contribution in [3.8, 4) is 11.5 Å². The molecular formula is C20H22N4O3S. The quantitative estimate of drug-likeness (QED) is 0.586. The smallest absolute Gasteiger partial charge is 0.234 e. The molecule has 2 aromatic carbocycles. The number of amides is 1. The first-order chi connectivity index (χ1) is 13.5. The summed E-state index contributed by atoms with van der Waals surface area (Å²) >= 11 is 1.33. The maximum atomic E-state index is 12.1. The maximum Gasteiger partial charge on any atom is 0.234 e. The van der Waals surface area contributed by atoms with Gasteiger partial charge in [-0.3, -0.25) is 4.79 Å². The highest BCUT2D eigenvalue weighted by Crippen LogP contribution is 2.20. The number of carbonyl (C=O) groups is 1. The van der Waals surface area contributed by atoms with Crippen LogP contribution in [0.15, 0.2) is 53.7 Å². The third kappa shape index (κ3) is 5.26. The van der Waals surface area contributed by atoms with E-state index in [1.807, 2.05) is 67.1 Å². The Kier molecular flexibility index (Phi) is 6.54. The number of carbonyl (C=O) groups excluding carboxylic acids is 1. The van der Waals surface area contributed by atoms with Crippen molar-refractivity contribution in [1.82, 2.24) is 14.8 Å². The van der Waals surface area contributed by atoms with Crippen LogP contribution >= 0.6 is 11.8 Å². The van der Waals surface area contributed by atoms with Crippen LogP contribution in [0.3, 0.4) is 0 Å². The number of methoxy groups -OCH3 is 1. The van der Waals surface area contributed by atoms with Crippen molar-refractivity contribution < 1.29 is 14.3 Å². The van der Waals surface area contributed by atoms with Gasteiger partial charge in [0.05, 0.1) is 12.9 Å². The van der Waals surface area contributed by atoms with Crippen molar-refractivity contribution in [1.29, 1.82) is 0 Å². The molecule has 8 heteroatoms. The van der Waals surface area contributed by atoms with Gasteiger partial charge in [0.25, 0.3) is 0 Å². The molecule has 1 aromatic heterocycles. The average molecular weight is 398 g/mol. The largest absolute Gasteiger partial charge is 0.497 e. The topological polar surface area (TPSA) is 78.3 Å². The molecule has 0 spiro atoms. The van der Waals surface area contributed by atoms with Crippen LogP contribution < -0.4 is 14.8 Å². The minimum absolute atomic E-state index is 0.0899. The van der Waals surface area contributed by atoms with E-state index < -0.39 is 0 Å². The molecule has 7 nitrogen and oxygen atoms in total. The molecule has 1 heterocycles. The Morgan fingerprint density at radius 3 is 2.43 bits per heavy atom. The van der Waals surface area contributed by atoms with Crippen LogP contribution in [0.25, 0.3) is 0 Å². The Balaban J connectivity index is 1.50. The van der Waals surface area contributed by atoms with Gasteiger partial charge in [-0.25, -0.2) is 0 Å². The molecule has 0 atom stereocenters. The zero-order valence-electron chi connectivity index (χ0n) is 16.0. The van der Waals surface area contributed by atoms with Gasteiger partial charge in [-0.1, -0.05) is 29.5 Å². The van der Waals surface area contributed by atoms with Crippen molar-refractivity contribution in [2.75, 3.05) is 18.2 Å². The molecular weight excluding hydrogens is 376 g/mol. The van der Waals surface area contributed by atoms with Crippen LogP contribution in [0.2, 0.25) is 0 Å². The maximum absolute atomic E-state index is 12.1. The summed E-state index contributed by atoms with van der Waals surface area (Å²) < 4.78 is 12.7. The van der Waals surface area contributed by atoms with Gasteiger partial charge in [0, 0.05) is 12.7 Å². The molecule has 0 unspecified atom stereocenters. The summed E-state index contributed by atoms with van der Waals surface area (Å²) in [4.78, 5) is 12.1. The van der Waals surface area contributed by atoms with Crippen LogP contribution in [0, 0.1) is 6.92 Å². The molecule has 0 aliphatic heterocycles. The average Bonchev–Trinajstić information content (AvgIpc) is 3.06. The first-order valence-electron chi connectivity index (χ1n) is 8.69. The van der Waals surface area contributed by atoms with Gasteiger partial charge in [0.15, 0.2) is 11.0 Å². The van der Waals surface area contributed by atoms with Crippen LogP contribution in [0.4, 0.5) is 5.69 Å². The second-order valence-corrected chi connectivity index (χ2v) is 7.07. The molecule has 1 N–H and O–H groups in total. The number of rotatable bonds is 8. The molecule has 28 heavy (non-hydrogen) atoms. The monoisotopic (exact) mass is 398 g/mol. The number of anilines is 1. The molecule has 0 fully saturated rings. The van der Waals surface area contributed by atoms with Crippen molar-refractivity contribution >= 4 is 23.4 Å². The fourth-order valence-electron chi connectivity index (χ4n) is 2.38. The van der Waals surface area contributed by atoms with Gasteiger partial charge in [-0.05, 0) is 43.3 Å². The molecule has 0 radical (unpaired) electrons. The zero-order chi connectivity index (χ0) is 19.9. The number of ether oxygens (including phenoxy) is 2. The van der Waals surface area contributed by atoms with E-state index in [-0.39, 0.29) is 18.3 Å². The van der Waals surface area contributed by atoms with E-state index in [4.69, 9.17) is 9.47 Å². The van der Waals surface area contributed by atoms with Gasteiger partial charge in [-0.15, -0.1) is 10.2 Å². The molecule has 0 aliphatic carbocycles. The lowest BCUT2D eigenvalue weighted by Crippen LogP contribution is -2.14. The van der Waals surface area contributed by atoms with Crippen molar-refractivity contribution in [3.63, 3.8) is 0 Å². The Bertz CT molecular complexity index is 924. The number of thioether (sulfide) groups is 1. The summed E-state index contributed by atoms with van der Waals surface area (Å²) in [5.74, 6) is 2.33. The summed E-state index contributed by atoms with van der Waals surface area (Å²) in [7, 11) is 3.47. The van der Waals surface area contributed by atoms with E-state index in [9.17, 15) is 4.79 Å². The molecule has 3 rings (SSSR count). The summed E-state index contributed by atoms with van der Waals surface area (Å²) in [6.45, 7) is 2.29. The Morgan fingerprint density at radius 2 is 1.75 bits per heavy atom. The summed E-state index contributed by atoms with van der Waals surface area (Å²) in [5.41, 5.74) is 1.93. The number of nitrogens with zero attached hydrogens (tertiary/aromatic N) is 3. The van der Waals surface area contributed by atoms with Gasteiger partial charge in [0.2, 0.25) is 5.91 Å². The third-order valence-corrected chi connectivity index (χ3v) is 5.04. The third-order valence-electron chi connectivity index (χ3n) is 4.02. The molecule has 3 aromatic rings. The molecule has 0 aliphatic rings. The standard InChI is InChI=1S/C20H22N4O3S/c1-14-4-6-15(7-5-14)21-19(25)13-28-20-23-22-18(24(20)2)12-27-17-10-8-16(26-3)9-11-17/h4-11H,12-13H2,1-3H3,(H,21,25). The number of aromatic nitrogens is 3. The first kappa shape index (κ1) is 19.8. The highest BCUT2D eigenvalue weighted by atomic mass is 32.2. The van der Waals surface area contributed by atoms with E-state index >= 15 is 0 Å². The van der Waals surface area contributed by atoms with Gasteiger partial charge < -0.3 is 19.4 Å². The van der Waals surface area contributed by atoms with Gasteiger partial charge in [0.1, 0.15) is 18.1 Å². The van der Waals surface area contributed by atoms with E-state index in [0.29, 0.717) is 11.0 Å². The lowest BCUT2D eigenvalue weighted by molar-refractivity contribution is -0.113. The highest BCUT2D eigenvalue weighted by molar-refractivity contribution is 7.99. The van der Waals surface area contributed by atoms with Crippen LogP contribution in [0.1, 0.15) is 11.4 Å². The Hall–Kier alpha value is -3.00. The summed E-state index contributed by atoms with van der Waals surface area (Å²) in [6.07, 6.45) is 0. The van der Waals surface area contributed by atoms with Gasteiger partial charge in [-0.2, -0.15) is 0 Å². The zero-order valence-corrected chi connectivity index (χ0v) is 16.8. The molecule has 0 saturated heterocycles. The SMILES string of the molecule is COc1ccc(OCc2nnc(SCC(=O)Nc3ccc(C)cc3)n2C)cc1.